The van der Waals surface area contributed by atoms with E-state index in [4.69, 9.17) is 15.7 Å². The summed E-state index contributed by atoms with van der Waals surface area (Å²) in [5.74, 6) is 0.0177. The molecule has 1 aromatic heterocycles. The Bertz CT molecular complexity index is 444. The van der Waals surface area contributed by atoms with Crippen molar-refractivity contribution in [2.24, 2.45) is 10.9 Å². The highest BCUT2D eigenvalue weighted by atomic mass is 16.5. The molecule has 1 unspecified atom stereocenters. The van der Waals surface area contributed by atoms with Gasteiger partial charge >= 0.3 is 0 Å². The fraction of sp³-hybridized carbons (Fsp3) is 0.538. The molecular weight excluding hydrogens is 244 g/mol. The van der Waals surface area contributed by atoms with E-state index in [1.165, 1.54) is 6.42 Å². The predicted octanol–water partition coefficient (Wildman–Crippen LogP) is 1.18. The number of hydrogen-bond donors (Lipinski definition) is 2. The molecule has 0 bridgehead atoms. The molecule has 3 N–H and O–H groups in total. The minimum absolute atomic E-state index is 0.0177. The van der Waals surface area contributed by atoms with Gasteiger partial charge in [-0.2, -0.15) is 0 Å². The van der Waals surface area contributed by atoms with E-state index in [-0.39, 0.29) is 11.9 Å². The molecule has 1 aliphatic rings. The molecule has 1 saturated heterocycles. The molecule has 104 valence electrons. The van der Waals surface area contributed by atoms with Gasteiger partial charge in [0.25, 0.3) is 0 Å². The number of amidine groups is 1. The summed E-state index contributed by atoms with van der Waals surface area (Å²) in [6.45, 7) is 1.68. The first-order chi connectivity index (χ1) is 9.20. The summed E-state index contributed by atoms with van der Waals surface area (Å²) in [7, 11) is 2.00. The van der Waals surface area contributed by atoms with E-state index < -0.39 is 0 Å². The van der Waals surface area contributed by atoms with Gasteiger partial charge in [0.15, 0.2) is 5.84 Å². The van der Waals surface area contributed by atoms with Crippen molar-refractivity contribution in [3.05, 3.63) is 24.0 Å². The summed E-state index contributed by atoms with van der Waals surface area (Å²) in [6.07, 6.45) is 5.41. The van der Waals surface area contributed by atoms with Gasteiger partial charge < -0.3 is 20.6 Å². The maximum Gasteiger partial charge on any atom is 0.188 e. The quantitative estimate of drug-likeness (QED) is 0.369. The number of aromatic nitrogens is 1. The summed E-state index contributed by atoms with van der Waals surface area (Å²) >= 11 is 0. The van der Waals surface area contributed by atoms with Crippen LogP contribution < -0.4 is 10.6 Å². The average molecular weight is 264 g/mol. The highest BCUT2D eigenvalue weighted by Crippen LogP contribution is 2.18. The molecule has 6 nitrogen and oxygen atoms in total. The summed E-state index contributed by atoms with van der Waals surface area (Å²) in [5.41, 5.74) is 6.99. The topological polar surface area (TPSA) is 84.0 Å². The normalized spacial score (nSPS) is 20.3. The molecule has 1 fully saturated rings. The Hall–Kier alpha value is -1.82. The maximum atomic E-state index is 8.67. The van der Waals surface area contributed by atoms with Gasteiger partial charge in [0.1, 0.15) is 5.69 Å². The zero-order valence-electron chi connectivity index (χ0n) is 11.1. The van der Waals surface area contributed by atoms with Crippen LogP contribution in [-0.4, -0.2) is 42.3 Å². The van der Waals surface area contributed by atoms with Crippen LogP contribution in [0.4, 0.5) is 5.69 Å². The first-order valence-electron chi connectivity index (χ1n) is 6.47. The maximum absolute atomic E-state index is 8.67. The van der Waals surface area contributed by atoms with Crippen LogP contribution in [0.15, 0.2) is 23.5 Å². The third-order valence-corrected chi connectivity index (χ3v) is 3.31. The highest BCUT2D eigenvalue weighted by molar-refractivity contribution is 5.95. The molecular formula is C13H20N4O2. The lowest BCUT2D eigenvalue weighted by molar-refractivity contribution is 0.0216. The van der Waals surface area contributed by atoms with Crippen LogP contribution in [0.2, 0.25) is 0 Å². The van der Waals surface area contributed by atoms with E-state index in [1.807, 2.05) is 13.1 Å². The Kier molecular flexibility index (Phi) is 4.57. The molecule has 2 rings (SSSR count). The summed E-state index contributed by atoms with van der Waals surface area (Å²) in [4.78, 5) is 6.17. The van der Waals surface area contributed by atoms with Gasteiger partial charge in [-0.3, -0.25) is 4.98 Å². The van der Waals surface area contributed by atoms with Gasteiger partial charge in [-0.25, -0.2) is 0 Å². The fourth-order valence-corrected chi connectivity index (χ4v) is 2.21. The summed E-state index contributed by atoms with van der Waals surface area (Å²) < 4.78 is 5.72. The van der Waals surface area contributed by atoms with Crippen molar-refractivity contribution in [1.29, 1.82) is 0 Å². The van der Waals surface area contributed by atoms with Crippen molar-refractivity contribution < 1.29 is 9.94 Å². The first-order valence-corrected chi connectivity index (χ1v) is 6.47. The Morgan fingerprint density at radius 1 is 1.63 bits per heavy atom. The third kappa shape index (κ3) is 3.57. The van der Waals surface area contributed by atoms with Crippen molar-refractivity contribution in [1.82, 2.24) is 4.98 Å². The molecule has 0 aromatic carbocycles. The molecule has 1 atom stereocenters. The lowest BCUT2D eigenvalue weighted by atomic mass is 10.1. The number of anilines is 1. The Labute approximate surface area is 112 Å². The minimum atomic E-state index is 0.0177. The molecule has 2 heterocycles. The average Bonchev–Trinajstić information content (AvgIpc) is 2.47. The molecule has 19 heavy (non-hydrogen) atoms. The van der Waals surface area contributed by atoms with Crippen molar-refractivity contribution in [2.75, 3.05) is 25.1 Å². The third-order valence-electron chi connectivity index (χ3n) is 3.31. The number of pyridine rings is 1. The van der Waals surface area contributed by atoms with Gasteiger partial charge in [0.05, 0.1) is 6.10 Å². The van der Waals surface area contributed by atoms with Crippen LogP contribution in [0.5, 0.6) is 0 Å². The zero-order valence-corrected chi connectivity index (χ0v) is 11.1. The van der Waals surface area contributed by atoms with Crippen LogP contribution in [0, 0.1) is 0 Å². The Morgan fingerprint density at radius 3 is 3.16 bits per heavy atom. The summed E-state index contributed by atoms with van der Waals surface area (Å²) in [5, 5.41) is 11.6. The van der Waals surface area contributed by atoms with Crippen LogP contribution >= 0.6 is 0 Å². The van der Waals surface area contributed by atoms with E-state index in [0.29, 0.717) is 5.69 Å². The molecule has 0 spiro atoms. The van der Waals surface area contributed by atoms with E-state index in [9.17, 15) is 0 Å². The fourth-order valence-electron chi connectivity index (χ4n) is 2.21. The number of nitrogens with zero attached hydrogens (tertiary/aromatic N) is 3. The lowest BCUT2D eigenvalue weighted by Crippen LogP contribution is -2.33. The second-order valence-electron chi connectivity index (χ2n) is 4.75. The SMILES string of the molecule is CN(CC1CCCCO1)c1ccnc(C(N)=NO)c1. The molecule has 0 amide bonds. The number of nitrogens with two attached hydrogens (primary N) is 1. The van der Waals surface area contributed by atoms with Crippen LogP contribution in [-0.2, 0) is 4.74 Å². The Balaban J connectivity index is 2.03. The van der Waals surface area contributed by atoms with Crippen molar-refractivity contribution >= 4 is 11.5 Å². The first kappa shape index (κ1) is 13.6. The van der Waals surface area contributed by atoms with E-state index in [2.05, 4.69) is 15.0 Å². The van der Waals surface area contributed by atoms with E-state index in [0.717, 1.165) is 31.7 Å². The van der Waals surface area contributed by atoms with Gasteiger partial charge in [-0.15, -0.1) is 0 Å². The van der Waals surface area contributed by atoms with Crippen molar-refractivity contribution in [3.63, 3.8) is 0 Å². The molecule has 1 aromatic rings. The highest BCUT2D eigenvalue weighted by Gasteiger charge is 2.16. The zero-order chi connectivity index (χ0) is 13.7. The van der Waals surface area contributed by atoms with Gasteiger partial charge in [-0.05, 0) is 31.4 Å². The van der Waals surface area contributed by atoms with Gasteiger partial charge in [0, 0.05) is 32.1 Å². The minimum Gasteiger partial charge on any atom is -0.409 e. The lowest BCUT2D eigenvalue weighted by Gasteiger charge is -2.28. The molecule has 6 heteroatoms. The number of ether oxygens (including phenoxy) is 1. The molecule has 0 radical (unpaired) electrons. The second-order valence-corrected chi connectivity index (χ2v) is 4.75. The summed E-state index contributed by atoms with van der Waals surface area (Å²) in [6, 6.07) is 3.70. The van der Waals surface area contributed by atoms with E-state index in [1.54, 1.807) is 12.3 Å². The number of likely N-dealkylation sites (N-methyl/N-ethyl adjacent to an activating group) is 1. The number of rotatable bonds is 4. The number of oxime groups is 1. The van der Waals surface area contributed by atoms with Gasteiger partial charge in [-0.1, -0.05) is 5.16 Å². The standard InChI is InChI=1S/C13H20N4O2/c1-17(9-11-4-2-3-7-19-11)10-5-6-15-12(8-10)13(14)16-18/h5-6,8,11,18H,2-4,7,9H2,1H3,(H2,14,16). The predicted molar refractivity (Wildman–Crippen MR) is 73.6 cm³/mol. The van der Waals surface area contributed by atoms with Crippen LogP contribution in [0.1, 0.15) is 25.0 Å². The van der Waals surface area contributed by atoms with Crippen LogP contribution in [0.3, 0.4) is 0 Å². The molecule has 0 saturated carbocycles. The van der Waals surface area contributed by atoms with Crippen molar-refractivity contribution in [3.8, 4) is 0 Å². The van der Waals surface area contributed by atoms with Crippen molar-refractivity contribution in [2.45, 2.75) is 25.4 Å². The van der Waals surface area contributed by atoms with E-state index >= 15 is 0 Å². The number of hydrogen-bond acceptors (Lipinski definition) is 5. The van der Waals surface area contributed by atoms with Gasteiger partial charge in [0.2, 0.25) is 0 Å². The largest absolute Gasteiger partial charge is 0.409 e. The monoisotopic (exact) mass is 264 g/mol. The molecule has 0 aliphatic carbocycles. The Morgan fingerprint density at radius 2 is 2.47 bits per heavy atom. The van der Waals surface area contributed by atoms with Crippen LogP contribution in [0.25, 0.3) is 0 Å². The second kappa shape index (κ2) is 6.38. The smallest absolute Gasteiger partial charge is 0.188 e. The molecule has 1 aliphatic heterocycles.